The van der Waals surface area contributed by atoms with E-state index in [9.17, 15) is 0 Å². The van der Waals surface area contributed by atoms with Crippen LogP contribution >= 0.6 is 0 Å². The van der Waals surface area contributed by atoms with Crippen molar-refractivity contribution in [2.45, 2.75) is 26.3 Å². The molecule has 0 bridgehead atoms. The molecule has 0 radical (unpaired) electrons. The molecule has 2 atom stereocenters. The highest BCUT2D eigenvalue weighted by atomic mass is 16.5. The fraction of sp³-hybridized carbons (Fsp3) is 0.733. The number of rotatable bonds is 3. The lowest BCUT2D eigenvalue weighted by atomic mass is 9.80. The van der Waals surface area contributed by atoms with Crippen LogP contribution in [0.3, 0.4) is 0 Å². The summed E-state index contributed by atoms with van der Waals surface area (Å²) in [6.07, 6.45) is 6.14. The molecule has 19 heavy (non-hydrogen) atoms. The van der Waals surface area contributed by atoms with Crippen molar-refractivity contribution >= 4 is 0 Å². The molecule has 0 amide bonds. The van der Waals surface area contributed by atoms with E-state index in [-0.39, 0.29) is 0 Å². The van der Waals surface area contributed by atoms with Crippen LogP contribution in [0.2, 0.25) is 0 Å². The van der Waals surface area contributed by atoms with Gasteiger partial charge in [0.1, 0.15) is 5.82 Å². The van der Waals surface area contributed by atoms with Crippen molar-refractivity contribution in [2.75, 3.05) is 26.3 Å². The Morgan fingerprint density at radius 2 is 1.95 bits per heavy atom. The van der Waals surface area contributed by atoms with Gasteiger partial charge >= 0.3 is 0 Å². The SMILES string of the molecule is C[C@@H]1CN(Cc2ncccn2)C[C@H]1C1CCOCC1. The topological polar surface area (TPSA) is 38.2 Å². The van der Waals surface area contributed by atoms with Gasteiger partial charge in [0.05, 0.1) is 6.54 Å². The summed E-state index contributed by atoms with van der Waals surface area (Å²) >= 11 is 0. The van der Waals surface area contributed by atoms with E-state index < -0.39 is 0 Å². The van der Waals surface area contributed by atoms with Gasteiger partial charge in [0.25, 0.3) is 0 Å². The molecule has 1 aromatic rings. The molecule has 0 N–H and O–H groups in total. The fourth-order valence-electron chi connectivity index (χ4n) is 3.59. The lowest BCUT2D eigenvalue weighted by Gasteiger charge is -2.29. The first kappa shape index (κ1) is 13.0. The molecule has 2 aliphatic heterocycles. The van der Waals surface area contributed by atoms with Crippen LogP contribution in [0.4, 0.5) is 0 Å². The van der Waals surface area contributed by atoms with Gasteiger partial charge in [0, 0.05) is 38.7 Å². The van der Waals surface area contributed by atoms with Crippen LogP contribution in [0.1, 0.15) is 25.6 Å². The van der Waals surface area contributed by atoms with E-state index in [1.54, 1.807) is 0 Å². The highest BCUT2D eigenvalue weighted by Crippen LogP contribution is 2.35. The molecule has 0 aliphatic carbocycles. The third kappa shape index (κ3) is 3.12. The van der Waals surface area contributed by atoms with E-state index in [0.29, 0.717) is 0 Å². The summed E-state index contributed by atoms with van der Waals surface area (Å²) in [6, 6.07) is 1.88. The highest BCUT2D eigenvalue weighted by Gasteiger charge is 2.35. The van der Waals surface area contributed by atoms with E-state index in [4.69, 9.17) is 4.74 Å². The average molecular weight is 261 g/mol. The Kier molecular flexibility index (Phi) is 4.09. The summed E-state index contributed by atoms with van der Waals surface area (Å²) < 4.78 is 5.48. The predicted octanol–water partition coefficient (Wildman–Crippen LogP) is 1.97. The number of ether oxygens (including phenoxy) is 1. The predicted molar refractivity (Wildman–Crippen MR) is 73.5 cm³/mol. The minimum atomic E-state index is 0.784. The zero-order chi connectivity index (χ0) is 13.1. The molecular formula is C15H23N3O. The van der Waals surface area contributed by atoms with Gasteiger partial charge in [-0.2, -0.15) is 0 Å². The second-order valence-electron chi connectivity index (χ2n) is 5.95. The van der Waals surface area contributed by atoms with Gasteiger partial charge in [0.2, 0.25) is 0 Å². The Labute approximate surface area is 115 Å². The van der Waals surface area contributed by atoms with Crippen LogP contribution in [-0.4, -0.2) is 41.2 Å². The van der Waals surface area contributed by atoms with Gasteiger partial charge in [-0.1, -0.05) is 6.92 Å². The number of likely N-dealkylation sites (tertiary alicyclic amines) is 1. The van der Waals surface area contributed by atoms with Crippen molar-refractivity contribution in [1.82, 2.24) is 14.9 Å². The molecule has 0 saturated carbocycles. The van der Waals surface area contributed by atoms with Crippen LogP contribution in [-0.2, 0) is 11.3 Å². The maximum Gasteiger partial charge on any atom is 0.142 e. The monoisotopic (exact) mass is 261 g/mol. The van der Waals surface area contributed by atoms with Gasteiger partial charge in [-0.25, -0.2) is 9.97 Å². The van der Waals surface area contributed by atoms with Crippen molar-refractivity contribution in [3.05, 3.63) is 24.3 Å². The maximum absolute atomic E-state index is 5.48. The third-order valence-corrected chi connectivity index (χ3v) is 4.60. The first-order valence-electron chi connectivity index (χ1n) is 7.39. The van der Waals surface area contributed by atoms with Crippen molar-refractivity contribution in [2.24, 2.45) is 17.8 Å². The van der Waals surface area contributed by atoms with Crippen molar-refractivity contribution < 1.29 is 4.74 Å². The lowest BCUT2D eigenvalue weighted by Crippen LogP contribution is -2.28. The second-order valence-corrected chi connectivity index (χ2v) is 5.95. The van der Waals surface area contributed by atoms with Crippen molar-refractivity contribution in [3.63, 3.8) is 0 Å². The molecule has 0 aromatic carbocycles. The van der Waals surface area contributed by atoms with Crippen molar-refractivity contribution in [3.8, 4) is 0 Å². The summed E-state index contributed by atoms with van der Waals surface area (Å²) in [4.78, 5) is 11.2. The van der Waals surface area contributed by atoms with Gasteiger partial charge in [-0.3, -0.25) is 4.90 Å². The lowest BCUT2D eigenvalue weighted by molar-refractivity contribution is 0.0421. The molecule has 2 saturated heterocycles. The number of nitrogens with zero attached hydrogens (tertiary/aromatic N) is 3. The molecule has 0 unspecified atom stereocenters. The van der Waals surface area contributed by atoms with Crippen LogP contribution < -0.4 is 0 Å². The van der Waals surface area contributed by atoms with Crippen LogP contribution in [0.25, 0.3) is 0 Å². The quantitative estimate of drug-likeness (QED) is 0.834. The molecule has 3 rings (SSSR count). The zero-order valence-electron chi connectivity index (χ0n) is 11.7. The van der Waals surface area contributed by atoms with Crippen LogP contribution in [0.5, 0.6) is 0 Å². The van der Waals surface area contributed by atoms with Gasteiger partial charge in [-0.05, 0) is 36.7 Å². The molecule has 2 fully saturated rings. The Morgan fingerprint density at radius 1 is 1.21 bits per heavy atom. The smallest absolute Gasteiger partial charge is 0.142 e. The second kappa shape index (κ2) is 5.97. The zero-order valence-corrected chi connectivity index (χ0v) is 11.7. The minimum Gasteiger partial charge on any atom is -0.381 e. The van der Waals surface area contributed by atoms with E-state index in [2.05, 4.69) is 21.8 Å². The molecule has 4 heteroatoms. The molecule has 104 valence electrons. The summed E-state index contributed by atoms with van der Waals surface area (Å²) in [5, 5.41) is 0. The molecule has 3 heterocycles. The number of hydrogen-bond donors (Lipinski definition) is 0. The first-order valence-corrected chi connectivity index (χ1v) is 7.39. The Balaban J connectivity index is 1.58. The summed E-state index contributed by atoms with van der Waals surface area (Å²) in [5.74, 6) is 3.41. The van der Waals surface area contributed by atoms with Gasteiger partial charge in [-0.15, -0.1) is 0 Å². The number of aromatic nitrogens is 2. The normalized spacial score (nSPS) is 29.7. The molecule has 4 nitrogen and oxygen atoms in total. The molecule has 2 aliphatic rings. The number of hydrogen-bond acceptors (Lipinski definition) is 4. The first-order chi connectivity index (χ1) is 9.33. The highest BCUT2D eigenvalue weighted by molar-refractivity contribution is 4.92. The van der Waals surface area contributed by atoms with E-state index in [1.807, 2.05) is 18.5 Å². The summed E-state index contributed by atoms with van der Waals surface area (Å²) in [7, 11) is 0. The molecule has 1 aromatic heterocycles. The standard InChI is InChI=1S/C15H23N3O/c1-12-9-18(11-15-16-5-2-6-17-15)10-14(12)13-3-7-19-8-4-13/h2,5-6,12-14H,3-4,7-11H2,1H3/t12-,14-/m1/s1. The Hall–Kier alpha value is -1.00. The van der Waals surface area contributed by atoms with Gasteiger partial charge < -0.3 is 4.74 Å². The van der Waals surface area contributed by atoms with E-state index >= 15 is 0 Å². The Morgan fingerprint density at radius 3 is 2.68 bits per heavy atom. The molecular weight excluding hydrogens is 238 g/mol. The maximum atomic E-state index is 5.48. The van der Waals surface area contributed by atoms with Crippen LogP contribution in [0, 0.1) is 17.8 Å². The third-order valence-electron chi connectivity index (χ3n) is 4.60. The summed E-state index contributed by atoms with van der Waals surface area (Å²) in [5.41, 5.74) is 0. The fourth-order valence-corrected chi connectivity index (χ4v) is 3.59. The average Bonchev–Trinajstić information content (AvgIpc) is 2.82. The minimum absolute atomic E-state index is 0.784. The van der Waals surface area contributed by atoms with Crippen LogP contribution in [0.15, 0.2) is 18.5 Å². The van der Waals surface area contributed by atoms with E-state index in [0.717, 1.165) is 43.3 Å². The molecule has 0 spiro atoms. The Bertz CT molecular complexity index is 392. The largest absolute Gasteiger partial charge is 0.381 e. The van der Waals surface area contributed by atoms with Gasteiger partial charge in [0.15, 0.2) is 0 Å². The summed E-state index contributed by atoms with van der Waals surface area (Å²) in [6.45, 7) is 7.58. The van der Waals surface area contributed by atoms with Crippen molar-refractivity contribution in [1.29, 1.82) is 0 Å². The van der Waals surface area contributed by atoms with E-state index in [1.165, 1.54) is 25.9 Å².